The van der Waals surface area contributed by atoms with Crippen molar-refractivity contribution >= 4 is 37.2 Å². The van der Waals surface area contributed by atoms with Gasteiger partial charge in [-0.3, -0.25) is 0 Å². The molecule has 4 aromatic rings. The number of nitrogens with one attached hydrogen (secondary N) is 1. The first-order chi connectivity index (χ1) is 10.8. The zero-order chi connectivity index (χ0) is 14.9. The van der Waals surface area contributed by atoms with Crippen molar-refractivity contribution in [3.8, 4) is 0 Å². The van der Waals surface area contributed by atoms with E-state index in [0.29, 0.717) is 0 Å². The van der Waals surface area contributed by atoms with E-state index in [2.05, 4.69) is 79.0 Å². The maximum absolute atomic E-state index is 3.55. The quantitative estimate of drug-likeness (QED) is 0.491. The van der Waals surface area contributed by atoms with Crippen molar-refractivity contribution in [3.63, 3.8) is 0 Å². The molecule has 0 fully saturated rings. The van der Waals surface area contributed by atoms with E-state index in [1.807, 2.05) is 11.3 Å². The minimum atomic E-state index is 0.861. The second kappa shape index (κ2) is 5.47. The fourth-order valence-electron chi connectivity index (χ4n) is 2.84. The van der Waals surface area contributed by atoms with Gasteiger partial charge in [-0.1, -0.05) is 42.5 Å². The van der Waals surface area contributed by atoms with Crippen LogP contribution < -0.4 is 5.32 Å². The number of anilines is 1. The third kappa shape index (κ3) is 2.36. The molecule has 0 aliphatic rings. The van der Waals surface area contributed by atoms with Gasteiger partial charge >= 0.3 is 0 Å². The molecule has 0 amide bonds. The van der Waals surface area contributed by atoms with Gasteiger partial charge in [0.05, 0.1) is 0 Å². The molecule has 0 radical (unpaired) electrons. The Morgan fingerprint density at radius 3 is 2.50 bits per heavy atom. The molecule has 1 N–H and O–H groups in total. The van der Waals surface area contributed by atoms with Gasteiger partial charge in [0.15, 0.2) is 0 Å². The summed E-state index contributed by atoms with van der Waals surface area (Å²) in [6.07, 6.45) is 0. The molecule has 1 nitrogen and oxygen atoms in total. The van der Waals surface area contributed by atoms with Crippen molar-refractivity contribution in [2.45, 2.75) is 13.5 Å². The van der Waals surface area contributed by atoms with E-state index in [9.17, 15) is 0 Å². The molecule has 0 aliphatic heterocycles. The van der Waals surface area contributed by atoms with E-state index in [1.54, 1.807) is 0 Å². The maximum Gasteiger partial charge on any atom is 0.0403 e. The summed E-state index contributed by atoms with van der Waals surface area (Å²) in [5.41, 5.74) is 3.86. The highest BCUT2D eigenvalue weighted by Crippen LogP contribution is 2.35. The highest BCUT2D eigenvalue weighted by atomic mass is 32.1. The molecule has 0 atom stereocenters. The fourth-order valence-corrected chi connectivity index (χ4v) is 3.93. The standard InChI is InChI=1S/C20H17NS/c1-14-6-2-3-7-15(14)13-21-16-10-11-20-18(12-16)17-8-4-5-9-19(17)22-20/h2-12,21H,13H2,1H3. The average molecular weight is 303 g/mol. The van der Waals surface area contributed by atoms with Crippen LogP contribution in [0.25, 0.3) is 20.2 Å². The predicted octanol–water partition coefficient (Wildman–Crippen LogP) is 5.98. The number of benzene rings is 3. The summed E-state index contributed by atoms with van der Waals surface area (Å²) in [4.78, 5) is 0. The van der Waals surface area contributed by atoms with Crippen LogP contribution in [0.5, 0.6) is 0 Å². The number of thiophene rings is 1. The molecule has 1 heterocycles. The van der Waals surface area contributed by atoms with Crippen LogP contribution in [0.1, 0.15) is 11.1 Å². The summed E-state index contributed by atoms with van der Waals surface area (Å²) >= 11 is 1.86. The van der Waals surface area contributed by atoms with Crippen LogP contribution in [0.3, 0.4) is 0 Å². The first-order valence-electron chi connectivity index (χ1n) is 7.51. The summed E-state index contributed by atoms with van der Waals surface area (Å²) in [6.45, 7) is 3.02. The Kier molecular flexibility index (Phi) is 3.32. The third-order valence-electron chi connectivity index (χ3n) is 4.12. The number of rotatable bonds is 3. The lowest BCUT2D eigenvalue weighted by Crippen LogP contribution is -2.00. The Morgan fingerprint density at radius 1 is 0.818 bits per heavy atom. The van der Waals surface area contributed by atoms with Gasteiger partial charge in [-0.15, -0.1) is 11.3 Å². The largest absolute Gasteiger partial charge is 0.381 e. The van der Waals surface area contributed by atoms with Crippen molar-refractivity contribution in [2.75, 3.05) is 5.32 Å². The zero-order valence-electron chi connectivity index (χ0n) is 12.5. The molecule has 108 valence electrons. The van der Waals surface area contributed by atoms with Crippen LogP contribution in [0, 0.1) is 6.92 Å². The molecule has 0 saturated heterocycles. The lowest BCUT2D eigenvalue weighted by molar-refractivity contribution is 1.12. The van der Waals surface area contributed by atoms with Gasteiger partial charge < -0.3 is 5.32 Å². The highest BCUT2D eigenvalue weighted by Gasteiger charge is 2.05. The van der Waals surface area contributed by atoms with Gasteiger partial charge in [-0.05, 0) is 42.3 Å². The van der Waals surface area contributed by atoms with Gasteiger partial charge in [-0.2, -0.15) is 0 Å². The number of fused-ring (bicyclic) bond motifs is 3. The van der Waals surface area contributed by atoms with Crippen LogP contribution in [0.4, 0.5) is 5.69 Å². The van der Waals surface area contributed by atoms with Crippen molar-refractivity contribution in [3.05, 3.63) is 77.9 Å². The summed E-state index contributed by atoms with van der Waals surface area (Å²) in [6, 6.07) is 23.8. The second-order valence-electron chi connectivity index (χ2n) is 5.59. The van der Waals surface area contributed by atoms with Crippen LogP contribution in [0.2, 0.25) is 0 Å². The predicted molar refractivity (Wildman–Crippen MR) is 97.8 cm³/mol. The van der Waals surface area contributed by atoms with Gasteiger partial charge in [-0.25, -0.2) is 0 Å². The first kappa shape index (κ1) is 13.4. The molecular weight excluding hydrogens is 286 g/mol. The van der Waals surface area contributed by atoms with E-state index >= 15 is 0 Å². The molecule has 3 aromatic carbocycles. The number of aryl methyl sites for hydroxylation is 1. The lowest BCUT2D eigenvalue weighted by atomic mass is 10.1. The second-order valence-corrected chi connectivity index (χ2v) is 6.67. The summed E-state index contributed by atoms with van der Waals surface area (Å²) in [5, 5.41) is 6.25. The molecule has 2 heteroatoms. The van der Waals surface area contributed by atoms with E-state index < -0.39 is 0 Å². The fraction of sp³-hybridized carbons (Fsp3) is 0.100. The minimum Gasteiger partial charge on any atom is -0.381 e. The molecule has 0 spiro atoms. The van der Waals surface area contributed by atoms with E-state index in [1.165, 1.54) is 37.0 Å². The number of hydrogen-bond donors (Lipinski definition) is 1. The molecule has 0 bridgehead atoms. The number of hydrogen-bond acceptors (Lipinski definition) is 2. The van der Waals surface area contributed by atoms with Crippen molar-refractivity contribution < 1.29 is 0 Å². The van der Waals surface area contributed by atoms with E-state index in [0.717, 1.165) is 6.54 Å². The Hall–Kier alpha value is -2.32. The SMILES string of the molecule is Cc1ccccc1CNc1ccc2sc3ccccc3c2c1. The Bertz CT molecular complexity index is 952. The molecule has 0 aliphatic carbocycles. The Labute approximate surface area is 134 Å². The van der Waals surface area contributed by atoms with E-state index in [-0.39, 0.29) is 0 Å². The first-order valence-corrected chi connectivity index (χ1v) is 8.32. The summed E-state index contributed by atoms with van der Waals surface area (Å²) < 4.78 is 2.70. The third-order valence-corrected chi connectivity index (χ3v) is 5.27. The zero-order valence-corrected chi connectivity index (χ0v) is 13.3. The minimum absolute atomic E-state index is 0.861. The Morgan fingerprint density at radius 2 is 1.59 bits per heavy atom. The van der Waals surface area contributed by atoms with Crippen molar-refractivity contribution in [1.82, 2.24) is 0 Å². The summed E-state index contributed by atoms with van der Waals surface area (Å²) in [7, 11) is 0. The van der Waals surface area contributed by atoms with Gasteiger partial charge in [0.2, 0.25) is 0 Å². The average Bonchev–Trinajstić information content (AvgIpc) is 2.92. The Balaban J connectivity index is 1.67. The molecule has 1 aromatic heterocycles. The molecule has 0 saturated carbocycles. The van der Waals surface area contributed by atoms with Gasteiger partial charge in [0.25, 0.3) is 0 Å². The molecule has 4 rings (SSSR count). The lowest BCUT2D eigenvalue weighted by Gasteiger charge is -2.09. The topological polar surface area (TPSA) is 12.0 Å². The monoisotopic (exact) mass is 303 g/mol. The molecule has 22 heavy (non-hydrogen) atoms. The normalized spacial score (nSPS) is 11.1. The molecular formula is C20H17NS. The van der Waals surface area contributed by atoms with Crippen molar-refractivity contribution in [2.24, 2.45) is 0 Å². The van der Waals surface area contributed by atoms with Crippen molar-refractivity contribution in [1.29, 1.82) is 0 Å². The van der Waals surface area contributed by atoms with Crippen LogP contribution in [-0.2, 0) is 6.54 Å². The van der Waals surface area contributed by atoms with E-state index in [4.69, 9.17) is 0 Å². The maximum atomic E-state index is 3.55. The smallest absolute Gasteiger partial charge is 0.0403 e. The van der Waals surface area contributed by atoms with Crippen LogP contribution >= 0.6 is 11.3 Å². The highest BCUT2D eigenvalue weighted by molar-refractivity contribution is 7.25. The molecule has 0 unspecified atom stereocenters. The van der Waals surface area contributed by atoms with Crippen LogP contribution in [0.15, 0.2) is 66.7 Å². The van der Waals surface area contributed by atoms with Gasteiger partial charge in [0.1, 0.15) is 0 Å². The van der Waals surface area contributed by atoms with Gasteiger partial charge in [0, 0.05) is 32.4 Å². The van der Waals surface area contributed by atoms with Crippen LogP contribution in [-0.4, -0.2) is 0 Å². The summed E-state index contributed by atoms with van der Waals surface area (Å²) in [5.74, 6) is 0.